The van der Waals surface area contributed by atoms with Crippen LogP contribution >= 0.6 is 11.6 Å². The van der Waals surface area contributed by atoms with Gasteiger partial charge in [0.2, 0.25) is 10.0 Å². The fraction of sp³-hybridized carbons (Fsp3) is 0.263. The van der Waals surface area contributed by atoms with Crippen LogP contribution in [-0.4, -0.2) is 23.7 Å². The maximum absolute atomic E-state index is 15.0. The molecule has 0 fully saturated rings. The number of nitrogens with zero attached hydrogens (tertiary/aromatic N) is 2. The summed E-state index contributed by atoms with van der Waals surface area (Å²) in [6.45, 7) is 3.43. The monoisotopic (exact) mass is 438 g/mol. The molecular weight excluding hydrogens is 419 g/mol. The Balaban J connectivity index is 2.07. The molecule has 154 valence electrons. The van der Waals surface area contributed by atoms with Crippen molar-refractivity contribution in [2.75, 3.05) is 15.8 Å². The Bertz CT molecular complexity index is 1260. The third-order valence-electron chi connectivity index (χ3n) is 4.44. The second kappa shape index (κ2) is 8.00. The minimum absolute atomic E-state index is 0.0690. The van der Waals surface area contributed by atoms with Crippen molar-refractivity contribution >= 4 is 49.6 Å². The van der Waals surface area contributed by atoms with Crippen LogP contribution in [0.4, 0.5) is 21.5 Å². The Hall–Kier alpha value is -2.65. The lowest BCUT2D eigenvalue weighted by molar-refractivity contribution is 0.597. The first-order valence-corrected chi connectivity index (χ1v) is 10.9. The second-order valence-corrected chi connectivity index (χ2v) is 8.87. The predicted molar refractivity (Wildman–Crippen MR) is 114 cm³/mol. The lowest BCUT2D eigenvalue weighted by Crippen LogP contribution is -2.18. The average Bonchev–Trinajstić information content (AvgIpc) is 2.65. The summed E-state index contributed by atoms with van der Waals surface area (Å²) in [6.07, 6.45) is 1.83. The molecule has 0 aliphatic carbocycles. The molecule has 0 amide bonds. The Morgan fingerprint density at radius 2 is 1.90 bits per heavy atom. The van der Waals surface area contributed by atoms with Gasteiger partial charge in [0.05, 0.1) is 39.4 Å². The topological polar surface area (TPSA) is 93.1 Å². The van der Waals surface area contributed by atoms with Crippen molar-refractivity contribution in [2.24, 2.45) is 7.05 Å². The first kappa shape index (κ1) is 21.1. The molecule has 7 nitrogen and oxygen atoms in total. The van der Waals surface area contributed by atoms with Crippen LogP contribution in [0.1, 0.15) is 18.9 Å². The van der Waals surface area contributed by atoms with Crippen LogP contribution in [0.25, 0.3) is 10.9 Å². The Kier molecular flexibility index (Phi) is 5.81. The molecule has 1 heterocycles. The molecule has 29 heavy (non-hydrogen) atoms. The lowest BCUT2D eigenvalue weighted by Gasteiger charge is -2.16. The van der Waals surface area contributed by atoms with Crippen LogP contribution in [0.2, 0.25) is 5.02 Å². The molecule has 0 saturated carbocycles. The Morgan fingerprint density at radius 3 is 2.59 bits per heavy atom. The molecule has 0 spiro atoms. The summed E-state index contributed by atoms with van der Waals surface area (Å²) in [5, 5.41) is 3.36. The molecule has 2 N–H and O–H groups in total. The van der Waals surface area contributed by atoms with E-state index in [0.29, 0.717) is 28.6 Å². The number of hydrogen-bond acceptors (Lipinski definition) is 5. The van der Waals surface area contributed by atoms with Gasteiger partial charge in [0.25, 0.3) is 5.56 Å². The number of sulfonamides is 1. The maximum atomic E-state index is 15.0. The largest absolute Gasteiger partial charge is 0.352 e. The summed E-state index contributed by atoms with van der Waals surface area (Å²) in [6, 6.07) is 5.97. The standard InChI is InChI=1S/C19H20ClFN4O3S/c1-4-9-29(27,28)24-15-6-5-12(20)18(17(15)21)23-13-7-8-14-16(11(13)2)19(26)25(3)10-22-14/h5-8,10,23-24H,4,9H2,1-3H3. The molecule has 0 radical (unpaired) electrons. The van der Waals surface area contributed by atoms with Gasteiger partial charge in [-0.05, 0) is 43.2 Å². The molecule has 1 aromatic heterocycles. The third kappa shape index (κ3) is 4.20. The van der Waals surface area contributed by atoms with Crippen LogP contribution in [0.15, 0.2) is 35.4 Å². The summed E-state index contributed by atoms with van der Waals surface area (Å²) in [5.41, 5.74) is 1.01. The van der Waals surface area contributed by atoms with Crippen LogP contribution in [0, 0.1) is 12.7 Å². The zero-order valence-corrected chi connectivity index (χ0v) is 17.7. The number of aromatic nitrogens is 2. The molecule has 3 aromatic rings. The van der Waals surface area contributed by atoms with Crippen molar-refractivity contribution in [3.63, 3.8) is 0 Å². The van der Waals surface area contributed by atoms with E-state index in [2.05, 4.69) is 15.0 Å². The highest BCUT2D eigenvalue weighted by Gasteiger charge is 2.18. The minimum Gasteiger partial charge on any atom is -0.352 e. The number of nitrogens with one attached hydrogen (secondary N) is 2. The summed E-state index contributed by atoms with van der Waals surface area (Å²) < 4.78 is 42.6. The fourth-order valence-electron chi connectivity index (χ4n) is 2.96. The smallest absolute Gasteiger partial charge is 0.261 e. The van der Waals surface area contributed by atoms with Crippen molar-refractivity contribution < 1.29 is 12.8 Å². The molecule has 0 aliphatic heterocycles. The van der Waals surface area contributed by atoms with Gasteiger partial charge in [-0.1, -0.05) is 18.5 Å². The molecule has 0 aliphatic rings. The zero-order valence-electron chi connectivity index (χ0n) is 16.1. The van der Waals surface area contributed by atoms with E-state index in [9.17, 15) is 13.2 Å². The van der Waals surface area contributed by atoms with Crippen LogP contribution in [-0.2, 0) is 17.1 Å². The van der Waals surface area contributed by atoms with E-state index in [4.69, 9.17) is 11.6 Å². The molecule has 0 saturated heterocycles. The number of fused-ring (bicyclic) bond motifs is 1. The number of aryl methyl sites for hydroxylation is 2. The van der Waals surface area contributed by atoms with Crippen molar-refractivity contribution in [2.45, 2.75) is 20.3 Å². The maximum Gasteiger partial charge on any atom is 0.261 e. The normalized spacial score (nSPS) is 11.6. The van der Waals surface area contributed by atoms with E-state index >= 15 is 4.39 Å². The predicted octanol–water partition coefficient (Wildman–Crippen LogP) is 3.93. The number of benzene rings is 2. The van der Waals surface area contributed by atoms with Gasteiger partial charge in [-0.25, -0.2) is 17.8 Å². The highest BCUT2D eigenvalue weighted by atomic mass is 35.5. The molecule has 0 bridgehead atoms. The van der Waals surface area contributed by atoms with Gasteiger partial charge in [0.15, 0.2) is 5.82 Å². The SMILES string of the molecule is CCCS(=O)(=O)Nc1ccc(Cl)c(Nc2ccc3ncn(C)c(=O)c3c2C)c1F. The van der Waals surface area contributed by atoms with E-state index in [1.54, 1.807) is 33.0 Å². The van der Waals surface area contributed by atoms with Crippen molar-refractivity contribution in [3.05, 3.63) is 57.3 Å². The Labute approximate surface area is 172 Å². The van der Waals surface area contributed by atoms with Crippen LogP contribution in [0.5, 0.6) is 0 Å². The highest BCUT2D eigenvalue weighted by molar-refractivity contribution is 7.92. The van der Waals surface area contributed by atoms with Gasteiger partial charge < -0.3 is 9.88 Å². The highest BCUT2D eigenvalue weighted by Crippen LogP contribution is 2.35. The zero-order chi connectivity index (χ0) is 21.3. The van der Waals surface area contributed by atoms with Gasteiger partial charge in [-0.2, -0.15) is 0 Å². The Morgan fingerprint density at radius 1 is 1.21 bits per heavy atom. The molecule has 3 rings (SSSR count). The molecule has 0 atom stereocenters. The second-order valence-electron chi connectivity index (χ2n) is 6.62. The minimum atomic E-state index is -3.67. The van der Waals surface area contributed by atoms with Crippen molar-refractivity contribution in [1.29, 1.82) is 0 Å². The number of rotatable bonds is 6. The van der Waals surface area contributed by atoms with Gasteiger partial charge >= 0.3 is 0 Å². The van der Waals surface area contributed by atoms with Crippen LogP contribution < -0.4 is 15.6 Å². The summed E-state index contributed by atoms with van der Waals surface area (Å²) >= 11 is 6.15. The van der Waals surface area contributed by atoms with Gasteiger partial charge in [-0.3, -0.25) is 9.52 Å². The summed E-state index contributed by atoms with van der Waals surface area (Å²) in [4.78, 5) is 16.7. The quantitative estimate of drug-likeness (QED) is 0.608. The lowest BCUT2D eigenvalue weighted by atomic mass is 10.1. The van der Waals surface area contributed by atoms with Crippen molar-refractivity contribution in [3.8, 4) is 0 Å². The van der Waals surface area contributed by atoms with E-state index in [0.717, 1.165) is 0 Å². The van der Waals surface area contributed by atoms with Crippen LogP contribution in [0.3, 0.4) is 0 Å². The van der Waals surface area contributed by atoms with Gasteiger partial charge in [0, 0.05) is 12.7 Å². The van der Waals surface area contributed by atoms with E-state index in [1.165, 1.54) is 23.0 Å². The van der Waals surface area contributed by atoms with E-state index in [-0.39, 0.29) is 27.7 Å². The molecule has 2 aromatic carbocycles. The number of anilines is 3. The summed E-state index contributed by atoms with van der Waals surface area (Å²) in [7, 11) is -2.08. The third-order valence-corrected chi connectivity index (χ3v) is 6.23. The van der Waals surface area contributed by atoms with Gasteiger partial charge in [-0.15, -0.1) is 0 Å². The average molecular weight is 439 g/mol. The fourth-order valence-corrected chi connectivity index (χ4v) is 4.28. The van der Waals surface area contributed by atoms with E-state index < -0.39 is 15.8 Å². The first-order chi connectivity index (χ1) is 13.6. The number of halogens is 2. The molecule has 10 heteroatoms. The number of hydrogen-bond donors (Lipinski definition) is 2. The summed E-state index contributed by atoms with van der Waals surface area (Å²) in [5.74, 6) is -0.964. The molecule has 0 unspecified atom stereocenters. The van der Waals surface area contributed by atoms with Gasteiger partial charge in [0.1, 0.15) is 0 Å². The first-order valence-electron chi connectivity index (χ1n) is 8.85. The van der Waals surface area contributed by atoms with E-state index in [1.807, 2.05) is 0 Å². The van der Waals surface area contributed by atoms with Crippen molar-refractivity contribution in [1.82, 2.24) is 9.55 Å². The molecular formula is C19H20ClFN4O3S.